The minimum absolute atomic E-state index is 0.0504. The van der Waals surface area contributed by atoms with Gasteiger partial charge in [0.2, 0.25) is 0 Å². The van der Waals surface area contributed by atoms with Crippen molar-refractivity contribution in [1.29, 1.82) is 0 Å². The molecular weight excluding hydrogens is 318 g/mol. The van der Waals surface area contributed by atoms with E-state index < -0.39 is 11.5 Å². The van der Waals surface area contributed by atoms with Gasteiger partial charge in [0, 0.05) is 5.39 Å². The number of phenols is 1. The van der Waals surface area contributed by atoms with Crippen LogP contribution in [0.5, 0.6) is 5.75 Å². The van der Waals surface area contributed by atoms with Gasteiger partial charge in [-0.2, -0.15) is 0 Å². The van der Waals surface area contributed by atoms with Crippen LogP contribution >= 0.6 is 0 Å². The Bertz CT molecular complexity index is 990. The van der Waals surface area contributed by atoms with Gasteiger partial charge >= 0.3 is 5.63 Å². The Labute approximate surface area is 144 Å². The van der Waals surface area contributed by atoms with Crippen LogP contribution in [0.2, 0.25) is 0 Å². The highest BCUT2D eigenvalue weighted by Gasteiger charge is 2.16. The fourth-order valence-electron chi connectivity index (χ4n) is 2.61. The number of aromatic hydroxyl groups is 1. The number of rotatable bonds is 4. The maximum atomic E-state index is 12.5. The molecule has 0 aliphatic rings. The smallest absolute Gasteiger partial charge is 0.349 e. The van der Waals surface area contributed by atoms with E-state index in [1.165, 1.54) is 6.07 Å². The summed E-state index contributed by atoms with van der Waals surface area (Å²) in [5.74, 6) is -0.372. The SMILES string of the molecule is CC[C@@H](C)c1ccc(O)c(NC(=O)c2cc3ccccc3oc2=O)c1. The highest BCUT2D eigenvalue weighted by Crippen LogP contribution is 2.29. The Morgan fingerprint density at radius 3 is 2.72 bits per heavy atom. The molecule has 1 amide bonds. The number of para-hydroxylation sites is 1. The number of benzene rings is 2. The molecule has 0 fully saturated rings. The molecule has 2 N–H and O–H groups in total. The summed E-state index contributed by atoms with van der Waals surface area (Å²) in [4.78, 5) is 24.6. The standard InChI is InChI=1S/C20H19NO4/c1-3-12(2)13-8-9-17(22)16(11-13)21-19(23)15-10-14-6-4-5-7-18(14)25-20(15)24/h4-12,22H,3H2,1-2H3,(H,21,23)/t12-/m1/s1. The van der Waals surface area contributed by atoms with E-state index in [9.17, 15) is 14.7 Å². The molecule has 0 radical (unpaired) electrons. The van der Waals surface area contributed by atoms with E-state index in [0.717, 1.165) is 12.0 Å². The lowest BCUT2D eigenvalue weighted by Crippen LogP contribution is -2.20. The van der Waals surface area contributed by atoms with E-state index in [-0.39, 0.29) is 17.0 Å². The van der Waals surface area contributed by atoms with E-state index in [0.29, 0.717) is 16.9 Å². The third-order valence-electron chi connectivity index (χ3n) is 4.34. The Kier molecular flexibility index (Phi) is 4.57. The van der Waals surface area contributed by atoms with Gasteiger partial charge in [-0.05, 0) is 42.2 Å². The number of carbonyl (C=O) groups excluding carboxylic acids is 1. The van der Waals surface area contributed by atoms with Crippen molar-refractivity contribution in [1.82, 2.24) is 0 Å². The van der Waals surface area contributed by atoms with Crippen molar-refractivity contribution in [2.24, 2.45) is 0 Å². The third kappa shape index (κ3) is 3.40. The second-order valence-corrected chi connectivity index (χ2v) is 6.03. The molecule has 0 spiro atoms. The van der Waals surface area contributed by atoms with E-state index in [1.807, 2.05) is 6.07 Å². The largest absolute Gasteiger partial charge is 0.506 e. The number of carbonyl (C=O) groups is 1. The second kappa shape index (κ2) is 6.81. The molecule has 0 saturated carbocycles. The Balaban J connectivity index is 1.95. The first-order chi connectivity index (χ1) is 12.0. The molecule has 0 aliphatic carbocycles. The number of hydrogen-bond acceptors (Lipinski definition) is 4. The Morgan fingerprint density at radius 2 is 1.96 bits per heavy atom. The lowest BCUT2D eigenvalue weighted by atomic mass is 9.98. The molecule has 1 heterocycles. The van der Waals surface area contributed by atoms with Crippen LogP contribution in [0.1, 0.15) is 42.1 Å². The molecule has 2 aromatic carbocycles. The summed E-state index contributed by atoms with van der Waals surface area (Å²) >= 11 is 0. The average Bonchev–Trinajstić information content (AvgIpc) is 2.62. The zero-order chi connectivity index (χ0) is 18.0. The van der Waals surface area contributed by atoms with E-state index in [1.54, 1.807) is 36.4 Å². The van der Waals surface area contributed by atoms with Crippen molar-refractivity contribution in [3.8, 4) is 5.75 Å². The molecule has 1 atom stereocenters. The van der Waals surface area contributed by atoms with Crippen molar-refractivity contribution in [2.45, 2.75) is 26.2 Å². The van der Waals surface area contributed by atoms with Gasteiger partial charge in [-0.1, -0.05) is 38.1 Å². The molecule has 3 aromatic rings. The molecule has 25 heavy (non-hydrogen) atoms. The molecule has 1 aromatic heterocycles. The van der Waals surface area contributed by atoms with Crippen molar-refractivity contribution >= 4 is 22.6 Å². The molecule has 0 aliphatic heterocycles. The van der Waals surface area contributed by atoms with Crippen LogP contribution in [0.3, 0.4) is 0 Å². The summed E-state index contributed by atoms with van der Waals surface area (Å²) in [6.07, 6.45) is 0.937. The maximum absolute atomic E-state index is 12.5. The summed E-state index contributed by atoms with van der Waals surface area (Å²) in [6.45, 7) is 4.13. The quantitative estimate of drug-likeness (QED) is 0.550. The summed E-state index contributed by atoms with van der Waals surface area (Å²) < 4.78 is 5.18. The Hall–Kier alpha value is -3.08. The fraction of sp³-hybridized carbons (Fsp3) is 0.200. The summed E-state index contributed by atoms with van der Waals surface area (Å²) in [7, 11) is 0. The Morgan fingerprint density at radius 1 is 1.20 bits per heavy atom. The van der Waals surface area contributed by atoms with Crippen LogP contribution in [-0.4, -0.2) is 11.0 Å². The zero-order valence-corrected chi connectivity index (χ0v) is 14.1. The first-order valence-electron chi connectivity index (χ1n) is 8.16. The van der Waals surface area contributed by atoms with Gasteiger partial charge in [0.25, 0.3) is 5.91 Å². The number of amides is 1. The van der Waals surface area contributed by atoms with Crippen LogP contribution in [0.4, 0.5) is 5.69 Å². The minimum Gasteiger partial charge on any atom is -0.506 e. The molecule has 0 unspecified atom stereocenters. The topological polar surface area (TPSA) is 79.5 Å². The predicted molar refractivity (Wildman–Crippen MR) is 97.3 cm³/mol. The number of nitrogens with one attached hydrogen (secondary N) is 1. The number of hydrogen-bond donors (Lipinski definition) is 2. The number of phenolic OH excluding ortho intramolecular Hbond substituents is 1. The fourth-order valence-corrected chi connectivity index (χ4v) is 2.61. The van der Waals surface area contributed by atoms with Crippen molar-refractivity contribution in [2.75, 3.05) is 5.32 Å². The first-order valence-corrected chi connectivity index (χ1v) is 8.16. The average molecular weight is 337 g/mol. The molecular formula is C20H19NO4. The van der Waals surface area contributed by atoms with Gasteiger partial charge in [0.1, 0.15) is 16.9 Å². The van der Waals surface area contributed by atoms with Crippen molar-refractivity contribution in [3.63, 3.8) is 0 Å². The van der Waals surface area contributed by atoms with Crippen LogP contribution in [0, 0.1) is 0 Å². The molecule has 5 heteroatoms. The van der Waals surface area contributed by atoms with Gasteiger partial charge in [0.05, 0.1) is 5.69 Å². The van der Waals surface area contributed by atoms with Gasteiger partial charge in [-0.25, -0.2) is 4.79 Å². The summed E-state index contributed by atoms with van der Waals surface area (Å²) in [6, 6.07) is 13.6. The lowest BCUT2D eigenvalue weighted by Gasteiger charge is -2.13. The monoisotopic (exact) mass is 337 g/mol. The molecule has 128 valence electrons. The lowest BCUT2D eigenvalue weighted by molar-refractivity contribution is 0.102. The normalized spacial score (nSPS) is 12.1. The third-order valence-corrected chi connectivity index (χ3v) is 4.34. The molecule has 0 saturated heterocycles. The van der Waals surface area contributed by atoms with Gasteiger partial charge < -0.3 is 14.8 Å². The maximum Gasteiger partial charge on any atom is 0.349 e. The van der Waals surface area contributed by atoms with Crippen LogP contribution in [-0.2, 0) is 0 Å². The van der Waals surface area contributed by atoms with E-state index >= 15 is 0 Å². The molecule has 5 nitrogen and oxygen atoms in total. The van der Waals surface area contributed by atoms with Gasteiger partial charge in [-0.15, -0.1) is 0 Å². The predicted octanol–water partition coefficient (Wildman–Crippen LogP) is 4.26. The van der Waals surface area contributed by atoms with E-state index in [4.69, 9.17) is 4.42 Å². The van der Waals surface area contributed by atoms with Gasteiger partial charge in [-0.3, -0.25) is 4.79 Å². The van der Waals surface area contributed by atoms with Crippen molar-refractivity contribution in [3.05, 3.63) is 70.1 Å². The molecule has 0 bridgehead atoms. The van der Waals surface area contributed by atoms with Crippen LogP contribution in [0.25, 0.3) is 11.0 Å². The highest BCUT2D eigenvalue weighted by atomic mass is 16.4. The molecule has 3 rings (SSSR count). The summed E-state index contributed by atoms with van der Waals surface area (Å²) in [5.41, 5.74) is 0.878. The van der Waals surface area contributed by atoms with Crippen LogP contribution in [0.15, 0.2) is 57.7 Å². The number of anilines is 1. The first kappa shape index (κ1) is 16.8. The second-order valence-electron chi connectivity index (χ2n) is 6.03. The van der Waals surface area contributed by atoms with Gasteiger partial charge in [0.15, 0.2) is 0 Å². The minimum atomic E-state index is -0.714. The van der Waals surface area contributed by atoms with Crippen LogP contribution < -0.4 is 10.9 Å². The highest BCUT2D eigenvalue weighted by molar-refractivity contribution is 6.06. The summed E-state index contributed by atoms with van der Waals surface area (Å²) in [5, 5.41) is 13.3. The number of fused-ring (bicyclic) bond motifs is 1. The zero-order valence-electron chi connectivity index (χ0n) is 14.1. The van der Waals surface area contributed by atoms with E-state index in [2.05, 4.69) is 19.2 Å². The van der Waals surface area contributed by atoms with Crippen molar-refractivity contribution < 1.29 is 14.3 Å².